The fourth-order valence-electron chi connectivity index (χ4n) is 0.845. The number of hydrogen-bond donors (Lipinski definition) is 0. The molecule has 0 saturated heterocycles. The number of benzene rings is 1. The lowest BCUT2D eigenvalue weighted by Crippen LogP contribution is -2.18. The largest absolute Gasteiger partial charge is 0.573 e. The Bertz CT molecular complexity index is 394. The van der Waals surface area contributed by atoms with Crippen LogP contribution in [0.3, 0.4) is 0 Å². The second-order valence-corrected chi connectivity index (χ2v) is 3.66. The lowest BCUT2D eigenvalue weighted by molar-refractivity contribution is -0.388. The van der Waals surface area contributed by atoms with Crippen LogP contribution in [0.4, 0.5) is 18.9 Å². The normalized spacial score (nSPS) is 11.2. The van der Waals surface area contributed by atoms with E-state index in [-0.39, 0.29) is 0 Å². The van der Waals surface area contributed by atoms with Crippen LogP contribution in [0.2, 0.25) is 0 Å². The van der Waals surface area contributed by atoms with E-state index in [4.69, 9.17) is 0 Å². The molecule has 0 atom stereocenters. The molecule has 0 amide bonds. The van der Waals surface area contributed by atoms with Gasteiger partial charge >= 0.3 is 12.0 Å². The number of ether oxygens (including phenoxy) is 1. The molecule has 1 rings (SSSR count). The first-order valence-electron chi connectivity index (χ1n) is 3.49. The highest BCUT2D eigenvalue weighted by molar-refractivity contribution is 14.1. The first-order valence-corrected chi connectivity index (χ1v) is 4.57. The molecule has 0 bridgehead atoms. The van der Waals surface area contributed by atoms with Crippen LogP contribution in [0.5, 0.6) is 5.75 Å². The van der Waals surface area contributed by atoms with E-state index in [1.807, 2.05) is 0 Å². The molecule has 15 heavy (non-hydrogen) atoms. The number of halogens is 4. The highest BCUT2D eigenvalue weighted by Crippen LogP contribution is 2.32. The van der Waals surface area contributed by atoms with Crippen molar-refractivity contribution in [1.82, 2.24) is 0 Å². The van der Waals surface area contributed by atoms with E-state index < -0.39 is 22.7 Å². The second kappa shape index (κ2) is 4.21. The Morgan fingerprint density at radius 2 is 2.00 bits per heavy atom. The van der Waals surface area contributed by atoms with Gasteiger partial charge in [0.2, 0.25) is 5.75 Å². The SMILES string of the molecule is O=[N+]([O-])c1ccc(I)cc1OC(F)(F)F. The predicted molar refractivity (Wildman–Crippen MR) is 52.5 cm³/mol. The fourth-order valence-corrected chi connectivity index (χ4v) is 1.31. The van der Waals surface area contributed by atoms with Gasteiger partial charge in [0.1, 0.15) is 0 Å². The molecule has 0 N–H and O–H groups in total. The van der Waals surface area contributed by atoms with Crippen molar-refractivity contribution in [3.8, 4) is 5.75 Å². The summed E-state index contributed by atoms with van der Waals surface area (Å²) in [7, 11) is 0. The third-order valence-corrected chi connectivity index (χ3v) is 2.02. The Kier molecular flexibility index (Phi) is 3.37. The fraction of sp³-hybridized carbons (Fsp3) is 0.143. The van der Waals surface area contributed by atoms with E-state index in [1.54, 1.807) is 22.6 Å². The minimum Gasteiger partial charge on any atom is -0.398 e. The van der Waals surface area contributed by atoms with Crippen molar-refractivity contribution in [2.75, 3.05) is 0 Å². The first kappa shape index (κ1) is 12.0. The summed E-state index contributed by atoms with van der Waals surface area (Å²) in [6.07, 6.45) is -4.94. The number of nitrogens with zero attached hydrogens (tertiary/aromatic N) is 1. The van der Waals surface area contributed by atoms with Crippen molar-refractivity contribution in [2.45, 2.75) is 6.36 Å². The molecule has 1 aromatic rings. The number of nitro benzene ring substituents is 1. The summed E-state index contributed by atoms with van der Waals surface area (Å²) in [5.41, 5.74) is -0.715. The summed E-state index contributed by atoms with van der Waals surface area (Å²) in [5.74, 6) is -0.806. The predicted octanol–water partition coefficient (Wildman–Crippen LogP) is 3.10. The summed E-state index contributed by atoms with van der Waals surface area (Å²) < 4.78 is 39.6. The molecule has 0 fully saturated rings. The Labute approximate surface area is 95.3 Å². The van der Waals surface area contributed by atoms with Crippen LogP contribution in [0.15, 0.2) is 18.2 Å². The second-order valence-electron chi connectivity index (χ2n) is 2.42. The van der Waals surface area contributed by atoms with Crippen molar-refractivity contribution >= 4 is 28.3 Å². The van der Waals surface area contributed by atoms with Crippen molar-refractivity contribution in [3.63, 3.8) is 0 Å². The van der Waals surface area contributed by atoms with Gasteiger partial charge in [0, 0.05) is 15.7 Å². The standard InChI is InChI=1S/C7H3F3INO3/c8-7(9,10)15-6-3-4(11)1-2-5(6)12(13)14/h1-3H. The molecule has 4 nitrogen and oxygen atoms in total. The van der Waals surface area contributed by atoms with Crippen LogP contribution < -0.4 is 4.74 Å². The zero-order valence-electron chi connectivity index (χ0n) is 6.92. The third kappa shape index (κ3) is 3.53. The van der Waals surface area contributed by atoms with Gasteiger partial charge in [0.05, 0.1) is 4.92 Å². The van der Waals surface area contributed by atoms with Crippen LogP contribution in [0.1, 0.15) is 0 Å². The monoisotopic (exact) mass is 333 g/mol. The van der Waals surface area contributed by atoms with Gasteiger partial charge in [-0.1, -0.05) is 0 Å². The number of rotatable bonds is 2. The lowest BCUT2D eigenvalue weighted by atomic mass is 10.3. The van der Waals surface area contributed by atoms with Crippen LogP contribution in [-0.2, 0) is 0 Å². The van der Waals surface area contributed by atoms with Gasteiger partial charge in [-0.2, -0.15) is 0 Å². The number of alkyl halides is 3. The number of nitro groups is 1. The smallest absolute Gasteiger partial charge is 0.398 e. The molecule has 82 valence electrons. The molecule has 0 aliphatic carbocycles. The maximum Gasteiger partial charge on any atom is 0.573 e. The quantitative estimate of drug-likeness (QED) is 0.475. The molecule has 8 heteroatoms. The summed E-state index contributed by atoms with van der Waals surface area (Å²) in [4.78, 5) is 9.44. The van der Waals surface area contributed by atoms with Gasteiger partial charge in [-0.25, -0.2) is 0 Å². The van der Waals surface area contributed by atoms with Gasteiger partial charge in [0.15, 0.2) is 0 Å². The minimum atomic E-state index is -4.94. The summed E-state index contributed by atoms with van der Waals surface area (Å²) in [6.45, 7) is 0. The molecule has 0 radical (unpaired) electrons. The Hall–Kier alpha value is -1.06. The van der Waals surface area contributed by atoms with E-state index in [1.165, 1.54) is 6.07 Å². The van der Waals surface area contributed by atoms with Gasteiger partial charge < -0.3 is 4.74 Å². The molecule has 1 aromatic carbocycles. The van der Waals surface area contributed by atoms with Gasteiger partial charge in [-0.15, -0.1) is 13.2 Å². The van der Waals surface area contributed by atoms with E-state index >= 15 is 0 Å². The van der Waals surface area contributed by atoms with E-state index in [2.05, 4.69) is 4.74 Å². The Morgan fingerprint density at radius 3 is 2.47 bits per heavy atom. The van der Waals surface area contributed by atoms with Gasteiger partial charge in [0.25, 0.3) is 0 Å². The maximum atomic E-state index is 11.9. The molecule has 0 aromatic heterocycles. The van der Waals surface area contributed by atoms with E-state index in [0.29, 0.717) is 3.57 Å². The average Bonchev–Trinajstić information content (AvgIpc) is 1.99. The van der Waals surface area contributed by atoms with Crippen molar-refractivity contribution in [2.24, 2.45) is 0 Å². The molecule has 0 unspecified atom stereocenters. The Balaban J connectivity index is 3.13. The summed E-state index contributed by atoms with van der Waals surface area (Å²) in [5, 5.41) is 10.4. The molecule has 0 heterocycles. The van der Waals surface area contributed by atoms with Crippen LogP contribution in [0, 0.1) is 13.7 Å². The zero-order chi connectivity index (χ0) is 11.6. The first-order chi connectivity index (χ1) is 6.79. The van der Waals surface area contributed by atoms with E-state index in [0.717, 1.165) is 12.1 Å². The highest BCUT2D eigenvalue weighted by atomic mass is 127. The molecule has 0 aliphatic rings. The minimum absolute atomic E-state index is 0.414. The molecule has 0 spiro atoms. The zero-order valence-corrected chi connectivity index (χ0v) is 9.07. The molecule has 0 saturated carbocycles. The lowest BCUT2D eigenvalue weighted by Gasteiger charge is -2.08. The van der Waals surface area contributed by atoms with Crippen molar-refractivity contribution in [1.29, 1.82) is 0 Å². The van der Waals surface area contributed by atoms with Crippen LogP contribution >= 0.6 is 22.6 Å². The molecule has 0 aliphatic heterocycles. The van der Waals surface area contributed by atoms with Crippen LogP contribution in [-0.4, -0.2) is 11.3 Å². The third-order valence-electron chi connectivity index (χ3n) is 1.34. The summed E-state index contributed by atoms with van der Waals surface area (Å²) in [6, 6.07) is 3.23. The van der Waals surface area contributed by atoms with Gasteiger partial charge in [-0.3, -0.25) is 10.1 Å². The molecular weight excluding hydrogens is 330 g/mol. The average molecular weight is 333 g/mol. The van der Waals surface area contributed by atoms with E-state index in [9.17, 15) is 23.3 Å². The highest BCUT2D eigenvalue weighted by Gasteiger charge is 2.34. The van der Waals surface area contributed by atoms with Crippen molar-refractivity contribution in [3.05, 3.63) is 31.9 Å². The Morgan fingerprint density at radius 1 is 1.40 bits per heavy atom. The molecular formula is C7H3F3INO3. The maximum absolute atomic E-state index is 11.9. The van der Waals surface area contributed by atoms with Gasteiger partial charge in [-0.05, 0) is 28.7 Å². The number of hydrogen-bond acceptors (Lipinski definition) is 3. The van der Waals surface area contributed by atoms with Crippen molar-refractivity contribution < 1.29 is 22.8 Å². The topological polar surface area (TPSA) is 52.4 Å². The van der Waals surface area contributed by atoms with Crippen LogP contribution in [0.25, 0.3) is 0 Å². The summed E-state index contributed by atoms with van der Waals surface area (Å²) >= 11 is 1.73.